The van der Waals surface area contributed by atoms with E-state index in [0.717, 1.165) is 57.0 Å². The third-order valence-electron chi connectivity index (χ3n) is 4.24. The molecular weight excluding hydrogens is 272 g/mol. The van der Waals surface area contributed by atoms with Crippen molar-refractivity contribution in [2.24, 2.45) is 5.92 Å². The summed E-state index contributed by atoms with van der Waals surface area (Å²) in [5.74, 6) is 0.748. The summed E-state index contributed by atoms with van der Waals surface area (Å²) in [4.78, 5) is 16.5. The zero-order valence-electron chi connectivity index (χ0n) is 11.7. The van der Waals surface area contributed by atoms with Crippen LogP contribution in [0.1, 0.15) is 18.4 Å². The maximum Gasteiger partial charge on any atom is 0.225 e. The Morgan fingerprint density at radius 2 is 1.75 bits per heavy atom. The van der Waals surface area contributed by atoms with E-state index in [1.165, 1.54) is 5.56 Å². The highest BCUT2D eigenvalue weighted by Crippen LogP contribution is 2.31. The van der Waals surface area contributed by atoms with Crippen LogP contribution >= 0.6 is 11.6 Å². The molecule has 1 saturated carbocycles. The summed E-state index contributed by atoms with van der Waals surface area (Å²) in [6, 6.07) is 8.08. The van der Waals surface area contributed by atoms with Crippen LogP contribution in [0.4, 0.5) is 0 Å². The number of amides is 1. The summed E-state index contributed by atoms with van der Waals surface area (Å²) in [5, 5.41) is 0.793. The summed E-state index contributed by atoms with van der Waals surface area (Å²) < 4.78 is 0. The summed E-state index contributed by atoms with van der Waals surface area (Å²) >= 11 is 5.89. The van der Waals surface area contributed by atoms with Crippen LogP contribution in [0.15, 0.2) is 24.3 Å². The molecule has 1 heterocycles. The Morgan fingerprint density at radius 3 is 2.35 bits per heavy atom. The number of piperazine rings is 1. The van der Waals surface area contributed by atoms with Gasteiger partial charge in [0.05, 0.1) is 0 Å². The molecule has 1 aromatic carbocycles. The van der Waals surface area contributed by atoms with Gasteiger partial charge in [0, 0.05) is 43.7 Å². The first-order valence-corrected chi connectivity index (χ1v) is 7.86. The molecule has 108 valence electrons. The molecule has 0 N–H and O–H groups in total. The predicted octanol–water partition coefficient (Wildman–Crippen LogP) is 2.44. The largest absolute Gasteiger partial charge is 0.340 e. The van der Waals surface area contributed by atoms with Gasteiger partial charge in [-0.25, -0.2) is 0 Å². The summed E-state index contributed by atoms with van der Waals surface area (Å²) in [6.07, 6.45) is 3.26. The van der Waals surface area contributed by atoms with Gasteiger partial charge in [-0.1, -0.05) is 23.7 Å². The van der Waals surface area contributed by atoms with Gasteiger partial charge in [-0.3, -0.25) is 9.69 Å². The van der Waals surface area contributed by atoms with Crippen LogP contribution in [0.5, 0.6) is 0 Å². The molecule has 1 aromatic rings. The molecule has 0 aromatic heterocycles. The van der Waals surface area contributed by atoms with E-state index in [4.69, 9.17) is 11.6 Å². The normalized spacial score (nSPS) is 20.1. The maximum atomic E-state index is 12.0. The van der Waals surface area contributed by atoms with Crippen LogP contribution < -0.4 is 0 Å². The Hall–Kier alpha value is -1.06. The van der Waals surface area contributed by atoms with E-state index in [0.29, 0.717) is 11.8 Å². The lowest BCUT2D eigenvalue weighted by Crippen LogP contribution is -2.49. The van der Waals surface area contributed by atoms with Crippen molar-refractivity contribution in [2.45, 2.75) is 19.3 Å². The van der Waals surface area contributed by atoms with Gasteiger partial charge in [0.25, 0.3) is 0 Å². The lowest BCUT2D eigenvalue weighted by molar-refractivity contribution is -0.134. The molecule has 4 heteroatoms. The number of benzene rings is 1. The highest BCUT2D eigenvalue weighted by molar-refractivity contribution is 6.30. The average molecular weight is 293 g/mol. The molecule has 0 radical (unpaired) electrons. The van der Waals surface area contributed by atoms with E-state index in [1.54, 1.807) is 0 Å². The first-order chi connectivity index (χ1) is 9.72. The first-order valence-electron chi connectivity index (χ1n) is 7.48. The van der Waals surface area contributed by atoms with Crippen LogP contribution in [0, 0.1) is 5.92 Å². The maximum absolute atomic E-state index is 12.0. The van der Waals surface area contributed by atoms with Crippen LogP contribution in [0.2, 0.25) is 5.02 Å². The molecular formula is C16H21ClN2O. The number of rotatable bonds is 4. The third-order valence-corrected chi connectivity index (χ3v) is 4.49. The number of carbonyl (C=O) groups is 1. The Kier molecular flexibility index (Phi) is 4.27. The van der Waals surface area contributed by atoms with Crippen molar-refractivity contribution in [2.75, 3.05) is 32.7 Å². The molecule has 1 aliphatic heterocycles. The molecule has 2 aliphatic rings. The molecule has 0 unspecified atom stereocenters. The van der Waals surface area contributed by atoms with Crippen molar-refractivity contribution >= 4 is 17.5 Å². The Labute approximate surface area is 125 Å². The van der Waals surface area contributed by atoms with E-state index >= 15 is 0 Å². The van der Waals surface area contributed by atoms with Gasteiger partial charge in [0.15, 0.2) is 0 Å². The summed E-state index contributed by atoms with van der Waals surface area (Å²) in [7, 11) is 0. The molecule has 1 aliphatic carbocycles. The minimum absolute atomic E-state index is 0.357. The molecule has 3 nitrogen and oxygen atoms in total. The number of halogens is 1. The molecule has 20 heavy (non-hydrogen) atoms. The van der Waals surface area contributed by atoms with Crippen LogP contribution in [0.25, 0.3) is 0 Å². The Balaban J connectivity index is 1.42. The molecule has 1 saturated heterocycles. The van der Waals surface area contributed by atoms with E-state index in [-0.39, 0.29) is 0 Å². The Morgan fingerprint density at radius 1 is 1.10 bits per heavy atom. The van der Waals surface area contributed by atoms with Crippen molar-refractivity contribution in [3.8, 4) is 0 Å². The number of hydrogen-bond donors (Lipinski definition) is 0. The molecule has 0 bridgehead atoms. The van der Waals surface area contributed by atoms with Gasteiger partial charge >= 0.3 is 0 Å². The van der Waals surface area contributed by atoms with Gasteiger partial charge in [-0.05, 0) is 37.0 Å². The molecule has 0 atom stereocenters. The first kappa shape index (κ1) is 13.9. The van der Waals surface area contributed by atoms with Gasteiger partial charge in [-0.2, -0.15) is 0 Å². The topological polar surface area (TPSA) is 23.6 Å². The van der Waals surface area contributed by atoms with Gasteiger partial charge in [0.1, 0.15) is 0 Å². The summed E-state index contributed by atoms with van der Waals surface area (Å²) in [5.41, 5.74) is 1.32. The fourth-order valence-corrected chi connectivity index (χ4v) is 2.84. The van der Waals surface area contributed by atoms with E-state index in [9.17, 15) is 4.79 Å². The zero-order chi connectivity index (χ0) is 13.9. The second-order valence-corrected chi connectivity index (χ2v) is 6.25. The van der Waals surface area contributed by atoms with E-state index in [2.05, 4.69) is 21.9 Å². The molecule has 0 spiro atoms. The summed E-state index contributed by atoms with van der Waals surface area (Å²) in [6.45, 7) is 4.87. The molecule has 2 fully saturated rings. The highest BCUT2D eigenvalue weighted by atomic mass is 35.5. The minimum atomic E-state index is 0.357. The highest BCUT2D eigenvalue weighted by Gasteiger charge is 2.34. The SMILES string of the molecule is O=C(C1CC1)N1CCN(CCc2ccc(Cl)cc2)CC1. The van der Waals surface area contributed by atoms with Crippen molar-refractivity contribution in [3.63, 3.8) is 0 Å². The lowest BCUT2D eigenvalue weighted by Gasteiger charge is -2.34. The fourth-order valence-electron chi connectivity index (χ4n) is 2.72. The fraction of sp³-hybridized carbons (Fsp3) is 0.562. The van der Waals surface area contributed by atoms with Crippen molar-refractivity contribution in [3.05, 3.63) is 34.9 Å². The van der Waals surface area contributed by atoms with Crippen LogP contribution in [0.3, 0.4) is 0 Å². The second-order valence-electron chi connectivity index (χ2n) is 5.82. The third kappa shape index (κ3) is 3.53. The van der Waals surface area contributed by atoms with E-state index in [1.807, 2.05) is 12.1 Å². The van der Waals surface area contributed by atoms with Gasteiger partial charge < -0.3 is 4.90 Å². The molecule has 3 rings (SSSR count). The van der Waals surface area contributed by atoms with Crippen molar-refractivity contribution in [1.82, 2.24) is 9.80 Å². The van der Waals surface area contributed by atoms with Crippen molar-refractivity contribution < 1.29 is 4.79 Å². The second kappa shape index (κ2) is 6.15. The van der Waals surface area contributed by atoms with Crippen molar-refractivity contribution in [1.29, 1.82) is 0 Å². The lowest BCUT2D eigenvalue weighted by atomic mass is 10.1. The van der Waals surface area contributed by atoms with Gasteiger partial charge in [-0.15, -0.1) is 0 Å². The van der Waals surface area contributed by atoms with E-state index < -0.39 is 0 Å². The number of nitrogens with zero attached hydrogens (tertiary/aromatic N) is 2. The standard InChI is InChI=1S/C16H21ClN2O/c17-15-5-1-13(2-6-15)7-8-18-9-11-19(12-10-18)16(20)14-3-4-14/h1-2,5-6,14H,3-4,7-12H2. The zero-order valence-corrected chi connectivity index (χ0v) is 12.5. The Bertz CT molecular complexity index is 462. The predicted molar refractivity (Wildman–Crippen MR) is 80.9 cm³/mol. The van der Waals surface area contributed by atoms with Crippen LogP contribution in [-0.4, -0.2) is 48.4 Å². The quantitative estimate of drug-likeness (QED) is 0.851. The monoisotopic (exact) mass is 292 g/mol. The smallest absolute Gasteiger partial charge is 0.225 e. The minimum Gasteiger partial charge on any atom is -0.340 e. The number of hydrogen-bond acceptors (Lipinski definition) is 2. The van der Waals surface area contributed by atoms with Crippen LogP contribution in [-0.2, 0) is 11.2 Å². The van der Waals surface area contributed by atoms with Gasteiger partial charge in [0.2, 0.25) is 5.91 Å². The number of carbonyl (C=O) groups excluding carboxylic acids is 1. The average Bonchev–Trinajstić information content (AvgIpc) is 3.31. The molecule has 1 amide bonds.